The van der Waals surface area contributed by atoms with E-state index in [-0.39, 0.29) is 6.04 Å². The van der Waals surface area contributed by atoms with Crippen molar-refractivity contribution in [2.45, 2.75) is 46.6 Å². The molecule has 0 saturated carbocycles. The van der Waals surface area contributed by atoms with E-state index in [9.17, 15) is 5.26 Å². The van der Waals surface area contributed by atoms with E-state index in [0.29, 0.717) is 34.3 Å². The highest BCUT2D eigenvalue weighted by atomic mass is 35.5. The van der Waals surface area contributed by atoms with E-state index in [0.717, 1.165) is 12.0 Å². The Morgan fingerprint density at radius 2 is 2.00 bits per heavy atom. The smallest absolute Gasteiger partial charge is 0.106 e. The molecule has 1 aromatic rings. The number of nitrogens with zero attached hydrogens (tertiary/aromatic N) is 2. The van der Waals surface area contributed by atoms with Crippen molar-refractivity contribution in [3.05, 3.63) is 40.4 Å². The molecule has 130 valence electrons. The number of hydrogen-bond acceptors (Lipinski definition) is 4. The summed E-state index contributed by atoms with van der Waals surface area (Å²) in [5.74, 6) is 0.399. The van der Waals surface area contributed by atoms with Gasteiger partial charge < -0.3 is 10.2 Å². The lowest BCUT2D eigenvalue weighted by Gasteiger charge is -2.23. The maximum Gasteiger partial charge on any atom is 0.106 e. The van der Waals surface area contributed by atoms with E-state index in [1.807, 2.05) is 31.2 Å². The monoisotopic (exact) mass is 347 g/mol. The molecule has 0 aliphatic heterocycles. The standard InChI is InChI=1S/C19H26ClN3O/c1-6-9-18(23-24-5)16(12-21)19(22-14(4)13(2)3)15-10-7-8-11-17(15)20/h7-8,10-11,13-14,22H,6,9H2,1-5H3. The summed E-state index contributed by atoms with van der Waals surface area (Å²) in [6, 6.07) is 9.97. The van der Waals surface area contributed by atoms with Crippen molar-refractivity contribution in [2.75, 3.05) is 7.11 Å². The largest absolute Gasteiger partial charge is 0.399 e. The Kier molecular flexibility index (Phi) is 8.35. The number of rotatable bonds is 8. The van der Waals surface area contributed by atoms with E-state index < -0.39 is 0 Å². The Morgan fingerprint density at radius 1 is 1.33 bits per heavy atom. The molecular weight excluding hydrogens is 322 g/mol. The van der Waals surface area contributed by atoms with Gasteiger partial charge in [-0.1, -0.05) is 62.1 Å². The summed E-state index contributed by atoms with van der Waals surface area (Å²) >= 11 is 6.39. The van der Waals surface area contributed by atoms with Gasteiger partial charge in [-0.2, -0.15) is 5.26 Å². The second-order valence-electron chi connectivity index (χ2n) is 5.99. The molecule has 1 unspecified atom stereocenters. The van der Waals surface area contributed by atoms with Crippen LogP contribution in [0.25, 0.3) is 5.70 Å². The molecule has 1 N–H and O–H groups in total. The summed E-state index contributed by atoms with van der Waals surface area (Å²) in [6.07, 6.45) is 1.52. The molecule has 24 heavy (non-hydrogen) atoms. The van der Waals surface area contributed by atoms with Gasteiger partial charge in [-0.05, 0) is 25.3 Å². The first-order chi connectivity index (χ1) is 11.5. The maximum atomic E-state index is 9.80. The Labute approximate surface area is 150 Å². The molecule has 0 radical (unpaired) electrons. The Balaban J connectivity index is 3.55. The van der Waals surface area contributed by atoms with Gasteiger partial charge >= 0.3 is 0 Å². The van der Waals surface area contributed by atoms with Crippen LogP contribution in [-0.4, -0.2) is 18.9 Å². The van der Waals surface area contributed by atoms with Crippen molar-refractivity contribution in [2.24, 2.45) is 11.1 Å². The van der Waals surface area contributed by atoms with Crippen LogP contribution in [0.3, 0.4) is 0 Å². The molecule has 1 aromatic carbocycles. The lowest BCUT2D eigenvalue weighted by atomic mass is 9.98. The van der Waals surface area contributed by atoms with Crippen LogP contribution in [0, 0.1) is 17.2 Å². The fraction of sp³-hybridized carbons (Fsp3) is 0.474. The molecular formula is C19H26ClN3O. The van der Waals surface area contributed by atoms with Gasteiger partial charge in [0.05, 0.1) is 11.4 Å². The van der Waals surface area contributed by atoms with Gasteiger partial charge in [-0.15, -0.1) is 0 Å². The van der Waals surface area contributed by atoms with Gasteiger partial charge in [0.1, 0.15) is 18.8 Å². The zero-order chi connectivity index (χ0) is 18.1. The summed E-state index contributed by atoms with van der Waals surface area (Å²) < 4.78 is 0. The van der Waals surface area contributed by atoms with E-state index in [2.05, 4.69) is 37.3 Å². The number of allylic oxidation sites excluding steroid dienone is 1. The molecule has 4 nitrogen and oxygen atoms in total. The van der Waals surface area contributed by atoms with Gasteiger partial charge in [-0.3, -0.25) is 0 Å². The number of oxime groups is 1. The Morgan fingerprint density at radius 3 is 2.50 bits per heavy atom. The average Bonchev–Trinajstić information content (AvgIpc) is 2.55. The van der Waals surface area contributed by atoms with Crippen LogP contribution >= 0.6 is 11.6 Å². The van der Waals surface area contributed by atoms with Crippen LogP contribution in [0.5, 0.6) is 0 Å². The van der Waals surface area contributed by atoms with Crippen LogP contribution in [0.15, 0.2) is 35.0 Å². The summed E-state index contributed by atoms with van der Waals surface area (Å²) in [5.41, 5.74) is 2.59. The van der Waals surface area contributed by atoms with E-state index in [4.69, 9.17) is 16.4 Å². The molecule has 0 aliphatic rings. The molecule has 1 atom stereocenters. The van der Waals surface area contributed by atoms with Crippen molar-refractivity contribution in [1.29, 1.82) is 5.26 Å². The molecule has 0 aromatic heterocycles. The SMILES string of the molecule is CCCC(=NOC)C(C#N)=C(NC(C)C(C)C)c1ccccc1Cl. The van der Waals surface area contributed by atoms with Crippen LogP contribution in [-0.2, 0) is 4.84 Å². The molecule has 0 fully saturated rings. The lowest BCUT2D eigenvalue weighted by Crippen LogP contribution is -2.31. The van der Waals surface area contributed by atoms with Gasteiger partial charge in [0.15, 0.2) is 0 Å². The Bertz CT molecular complexity index is 644. The molecule has 1 rings (SSSR count). The second-order valence-corrected chi connectivity index (χ2v) is 6.40. The normalized spacial score (nSPS) is 14.0. The first kappa shape index (κ1) is 20.1. The first-order valence-corrected chi connectivity index (χ1v) is 8.60. The summed E-state index contributed by atoms with van der Waals surface area (Å²) in [5, 5.41) is 17.9. The average molecular weight is 348 g/mol. The summed E-state index contributed by atoms with van der Waals surface area (Å²) in [4.78, 5) is 4.95. The molecule has 0 saturated heterocycles. The minimum Gasteiger partial charge on any atom is -0.399 e. The van der Waals surface area contributed by atoms with E-state index in [1.54, 1.807) is 0 Å². The highest BCUT2D eigenvalue weighted by Crippen LogP contribution is 2.27. The number of benzene rings is 1. The fourth-order valence-corrected chi connectivity index (χ4v) is 2.40. The topological polar surface area (TPSA) is 57.4 Å². The lowest BCUT2D eigenvalue weighted by molar-refractivity contribution is 0.213. The Hall–Kier alpha value is -1.99. The molecule has 0 spiro atoms. The first-order valence-electron chi connectivity index (χ1n) is 8.22. The predicted molar refractivity (Wildman–Crippen MR) is 101 cm³/mol. The second kappa shape index (κ2) is 10.00. The predicted octanol–water partition coefficient (Wildman–Crippen LogP) is 5.01. The third kappa shape index (κ3) is 5.28. The van der Waals surface area contributed by atoms with Crippen molar-refractivity contribution >= 4 is 23.0 Å². The van der Waals surface area contributed by atoms with Crippen molar-refractivity contribution in [1.82, 2.24) is 5.32 Å². The van der Waals surface area contributed by atoms with Crippen molar-refractivity contribution < 1.29 is 4.84 Å². The van der Waals surface area contributed by atoms with Crippen LogP contribution in [0.2, 0.25) is 5.02 Å². The molecule has 5 heteroatoms. The minimum absolute atomic E-state index is 0.171. The van der Waals surface area contributed by atoms with Crippen LogP contribution in [0.4, 0.5) is 0 Å². The number of hydrogen-bond donors (Lipinski definition) is 1. The number of halogens is 1. The van der Waals surface area contributed by atoms with Gasteiger partial charge in [-0.25, -0.2) is 0 Å². The van der Waals surface area contributed by atoms with Crippen molar-refractivity contribution in [3.63, 3.8) is 0 Å². The van der Waals surface area contributed by atoms with Crippen LogP contribution in [0.1, 0.15) is 46.1 Å². The summed E-state index contributed by atoms with van der Waals surface area (Å²) in [6.45, 7) is 8.39. The molecule has 0 bridgehead atoms. The summed E-state index contributed by atoms with van der Waals surface area (Å²) in [7, 11) is 1.49. The van der Waals surface area contributed by atoms with Gasteiger partial charge in [0.2, 0.25) is 0 Å². The molecule has 0 heterocycles. The zero-order valence-electron chi connectivity index (χ0n) is 15.1. The highest BCUT2D eigenvalue weighted by molar-refractivity contribution is 6.32. The highest BCUT2D eigenvalue weighted by Gasteiger charge is 2.20. The van der Waals surface area contributed by atoms with Crippen LogP contribution < -0.4 is 5.32 Å². The third-order valence-corrected chi connectivity index (χ3v) is 4.18. The maximum absolute atomic E-state index is 9.80. The molecule has 0 aliphatic carbocycles. The number of nitrogens with one attached hydrogen (secondary N) is 1. The number of nitriles is 1. The fourth-order valence-electron chi connectivity index (χ4n) is 2.17. The van der Waals surface area contributed by atoms with E-state index >= 15 is 0 Å². The third-order valence-electron chi connectivity index (χ3n) is 3.85. The quantitative estimate of drug-likeness (QED) is 0.408. The molecule has 0 amide bonds. The van der Waals surface area contributed by atoms with E-state index in [1.165, 1.54) is 7.11 Å². The van der Waals surface area contributed by atoms with Crippen molar-refractivity contribution in [3.8, 4) is 6.07 Å². The zero-order valence-corrected chi connectivity index (χ0v) is 15.8. The minimum atomic E-state index is 0.171. The van der Waals surface area contributed by atoms with Gasteiger partial charge in [0, 0.05) is 16.6 Å². The van der Waals surface area contributed by atoms with Gasteiger partial charge in [0.25, 0.3) is 0 Å².